The molecule has 0 unspecified atom stereocenters. The van der Waals surface area contributed by atoms with E-state index >= 15 is 0 Å². The summed E-state index contributed by atoms with van der Waals surface area (Å²) in [6.45, 7) is 6.72. The second-order valence-corrected chi connectivity index (χ2v) is 7.63. The van der Waals surface area contributed by atoms with Crippen molar-refractivity contribution in [3.05, 3.63) is 40.4 Å². The fraction of sp³-hybridized carbons (Fsp3) is 0.529. The Hall–Kier alpha value is -1.90. The smallest absolute Gasteiger partial charge is 0.274 e. The van der Waals surface area contributed by atoms with Crippen LogP contribution in [0.25, 0.3) is 0 Å². The van der Waals surface area contributed by atoms with Gasteiger partial charge in [0.05, 0.1) is 29.6 Å². The lowest BCUT2D eigenvalue weighted by Crippen LogP contribution is -2.34. The molecule has 4 rings (SSSR count). The molecule has 7 nitrogen and oxygen atoms in total. The summed E-state index contributed by atoms with van der Waals surface area (Å²) in [5.41, 5.74) is 1.51. The first-order valence-corrected chi connectivity index (χ1v) is 9.37. The summed E-state index contributed by atoms with van der Waals surface area (Å²) in [5, 5.41) is 3.22. The van der Waals surface area contributed by atoms with Crippen LogP contribution in [0.1, 0.15) is 21.2 Å². The topological polar surface area (TPSA) is 71.5 Å². The predicted molar refractivity (Wildman–Crippen MR) is 93.3 cm³/mol. The zero-order valence-corrected chi connectivity index (χ0v) is 15.0. The Bertz CT molecular complexity index is 738. The maximum Gasteiger partial charge on any atom is 0.274 e. The Morgan fingerprint density at radius 3 is 3.04 bits per heavy atom. The molecule has 8 heteroatoms. The van der Waals surface area contributed by atoms with Gasteiger partial charge in [-0.2, -0.15) is 0 Å². The number of ether oxygens (including phenoxy) is 1. The zero-order valence-electron chi connectivity index (χ0n) is 14.2. The summed E-state index contributed by atoms with van der Waals surface area (Å²) in [7, 11) is 0. The van der Waals surface area contributed by atoms with Crippen LogP contribution in [-0.2, 0) is 11.3 Å². The minimum Gasteiger partial charge on any atom is -0.375 e. The first-order valence-electron chi connectivity index (χ1n) is 8.49. The van der Waals surface area contributed by atoms with E-state index in [0.717, 1.165) is 30.3 Å². The number of carbonyl (C=O) groups is 1. The largest absolute Gasteiger partial charge is 0.375 e. The van der Waals surface area contributed by atoms with Gasteiger partial charge in [-0.05, 0) is 6.92 Å². The molecule has 2 atom stereocenters. The zero-order chi connectivity index (χ0) is 17.2. The van der Waals surface area contributed by atoms with E-state index in [1.165, 1.54) is 6.20 Å². The third-order valence-corrected chi connectivity index (χ3v) is 5.56. The van der Waals surface area contributed by atoms with Crippen LogP contribution in [0.5, 0.6) is 0 Å². The Morgan fingerprint density at radius 2 is 2.28 bits per heavy atom. The molecular formula is C17H21N5O2S. The lowest BCUT2D eigenvalue weighted by molar-refractivity contribution is 0.0482. The van der Waals surface area contributed by atoms with E-state index in [-0.39, 0.29) is 12.0 Å². The standard InChI is InChI=1S/C17H21N5O2S/c1-12-20-14(11-25-12)9-21-4-5-24-16-10-22(8-13(16)7-21)17(23)15-6-18-2-3-19-15/h2-3,6,11,13,16H,4-5,7-10H2,1H3/t13-,16+/m0/s1. The Morgan fingerprint density at radius 1 is 1.36 bits per heavy atom. The van der Waals surface area contributed by atoms with Gasteiger partial charge in [0.25, 0.3) is 5.91 Å². The van der Waals surface area contributed by atoms with Gasteiger partial charge in [0.1, 0.15) is 5.69 Å². The first-order chi connectivity index (χ1) is 12.2. The molecule has 2 aromatic rings. The molecule has 0 spiro atoms. The van der Waals surface area contributed by atoms with E-state index in [9.17, 15) is 4.79 Å². The van der Waals surface area contributed by atoms with Gasteiger partial charge in [-0.3, -0.25) is 14.7 Å². The second kappa shape index (κ2) is 7.15. The van der Waals surface area contributed by atoms with Crippen LogP contribution >= 0.6 is 11.3 Å². The molecule has 0 bridgehead atoms. The van der Waals surface area contributed by atoms with Crippen molar-refractivity contribution in [2.24, 2.45) is 5.92 Å². The second-order valence-electron chi connectivity index (χ2n) is 6.56. The van der Waals surface area contributed by atoms with Gasteiger partial charge in [-0.25, -0.2) is 9.97 Å². The molecule has 4 heterocycles. The molecule has 0 N–H and O–H groups in total. The molecule has 0 aromatic carbocycles. The van der Waals surface area contributed by atoms with E-state index in [1.54, 1.807) is 23.7 Å². The number of hydrogen-bond donors (Lipinski definition) is 0. The molecule has 0 radical (unpaired) electrons. The molecule has 0 aliphatic carbocycles. The van der Waals surface area contributed by atoms with Crippen molar-refractivity contribution in [3.63, 3.8) is 0 Å². The van der Waals surface area contributed by atoms with Crippen LogP contribution in [0.3, 0.4) is 0 Å². The van der Waals surface area contributed by atoms with Crippen molar-refractivity contribution in [2.75, 3.05) is 32.8 Å². The SMILES string of the molecule is Cc1nc(CN2CCO[C@@H]3CN(C(=O)c4cnccn4)C[C@@H]3C2)cs1. The molecule has 2 aromatic heterocycles. The molecule has 2 saturated heterocycles. The number of aryl methyl sites for hydroxylation is 1. The Labute approximate surface area is 150 Å². The average molecular weight is 359 g/mol. The Kier molecular flexibility index (Phi) is 4.74. The summed E-state index contributed by atoms with van der Waals surface area (Å²) in [5.74, 6) is 0.259. The van der Waals surface area contributed by atoms with E-state index in [2.05, 4.69) is 25.2 Å². The number of hydrogen-bond acceptors (Lipinski definition) is 7. The molecule has 2 aliphatic rings. The fourth-order valence-corrected chi connectivity index (χ4v) is 4.16. The third kappa shape index (κ3) is 3.70. The summed E-state index contributed by atoms with van der Waals surface area (Å²) in [6.07, 6.45) is 4.75. The van der Waals surface area contributed by atoms with Crippen LogP contribution in [0.15, 0.2) is 24.0 Å². The molecule has 2 aliphatic heterocycles. The van der Waals surface area contributed by atoms with Crippen molar-refractivity contribution >= 4 is 17.2 Å². The van der Waals surface area contributed by atoms with Crippen LogP contribution in [-0.4, -0.2) is 69.5 Å². The highest BCUT2D eigenvalue weighted by molar-refractivity contribution is 7.09. The quantitative estimate of drug-likeness (QED) is 0.820. The average Bonchev–Trinajstić information content (AvgIpc) is 3.16. The van der Waals surface area contributed by atoms with Crippen molar-refractivity contribution in [1.82, 2.24) is 24.8 Å². The molecule has 0 saturated carbocycles. The highest BCUT2D eigenvalue weighted by atomic mass is 32.1. The van der Waals surface area contributed by atoms with E-state index in [0.29, 0.717) is 31.3 Å². The molecular weight excluding hydrogens is 338 g/mol. The van der Waals surface area contributed by atoms with Crippen LogP contribution < -0.4 is 0 Å². The lowest BCUT2D eigenvalue weighted by Gasteiger charge is -2.22. The molecule has 25 heavy (non-hydrogen) atoms. The van der Waals surface area contributed by atoms with Crippen molar-refractivity contribution in [1.29, 1.82) is 0 Å². The highest BCUT2D eigenvalue weighted by Gasteiger charge is 2.39. The van der Waals surface area contributed by atoms with Crippen LogP contribution in [0.2, 0.25) is 0 Å². The minimum absolute atomic E-state index is 0.0635. The number of amides is 1. The number of rotatable bonds is 3. The number of carbonyl (C=O) groups excluding carboxylic acids is 1. The highest BCUT2D eigenvalue weighted by Crippen LogP contribution is 2.25. The lowest BCUT2D eigenvalue weighted by atomic mass is 10.1. The van der Waals surface area contributed by atoms with Gasteiger partial charge in [-0.15, -0.1) is 11.3 Å². The Balaban J connectivity index is 1.41. The molecule has 2 fully saturated rings. The first kappa shape index (κ1) is 16.6. The monoisotopic (exact) mass is 359 g/mol. The third-order valence-electron chi connectivity index (χ3n) is 4.73. The fourth-order valence-electron chi connectivity index (χ4n) is 3.55. The van der Waals surface area contributed by atoms with E-state index in [1.807, 2.05) is 11.8 Å². The van der Waals surface area contributed by atoms with Gasteiger partial charge in [0, 0.05) is 56.4 Å². The maximum atomic E-state index is 12.6. The van der Waals surface area contributed by atoms with Crippen molar-refractivity contribution < 1.29 is 9.53 Å². The summed E-state index contributed by atoms with van der Waals surface area (Å²) < 4.78 is 6.03. The molecule has 1 amide bonds. The summed E-state index contributed by atoms with van der Waals surface area (Å²) in [4.78, 5) is 29.5. The predicted octanol–water partition coefficient (Wildman–Crippen LogP) is 1.21. The minimum atomic E-state index is -0.0635. The van der Waals surface area contributed by atoms with E-state index in [4.69, 9.17) is 4.74 Å². The number of likely N-dealkylation sites (tertiary alicyclic amines) is 1. The van der Waals surface area contributed by atoms with Gasteiger partial charge in [0.2, 0.25) is 0 Å². The maximum absolute atomic E-state index is 12.6. The number of thiazole rings is 1. The van der Waals surface area contributed by atoms with Crippen molar-refractivity contribution in [2.45, 2.75) is 19.6 Å². The normalized spacial score (nSPS) is 24.1. The van der Waals surface area contributed by atoms with Crippen molar-refractivity contribution in [3.8, 4) is 0 Å². The van der Waals surface area contributed by atoms with E-state index < -0.39 is 0 Å². The van der Waals surface area contributed by atoms with Gasteiger partial charge < -0.3 is 9.64 Å². The number of aromatic nitrogens is 3. The van der Waals surface area contributed by atoms with Crippen LogP contribution in [0, 0.1) is 12.8 Å². The number of fused-ring (bicyclic) bond motifs is 1. The van der Waals surface area contributed by atoms with Gasteiger partial charge >= 0.3 is 0 Å². The summed E-state index contributed by atoms with van der Waals surface area (Å²) >= 11 is 1.68. The summed E-state index contributed by atoms with van der Waals surface area (Å²) in [6, 6.07) is 0. The van der Waals surface area contributed by atoms with Gasteiger partial charge in [0.15, 0.2) is 0 Å². The van der Waals surface area contributed by atoms with Crippen LogP contribution in [0.4, 0.5) is 0 Å². The number of nitrogens with zero attached hydrogens (tertiary/aromatic N) is 5. The molecule has 132 valence electrons. The van der Waals surface area contributed by atoms with Gasteiger partial charge in [-0.1, -0.05) is 0 Å².